The Labute approximate surface area is 111 Å². The molecule has 2 unspecified atom stereocenters. The Morgan fingerprint density at radius 2 is 2.11 bits per heavy atom. The first-order valence-corrected chi connectivity index (χ1v) is 7.05. The maximum absolute atomic E-state index is 9.91. The van der Waals surface area contributed by atoms with Gasteiger partial charge in [-0.3, -0.25) is 4.90 Å². The molecule has 0 bridgehead atoms. The summed E-state index contributed by atoms with van der Waals surface area (Å²) >= 11 is 0. The predicted molar refractivity (Wildman–Crippen MR) is 75.7 cm³/mol. The zero-order valence-corrected chi connectivity index (χ0v) is 11.8. The molecule has 0 aliphatic heterocycles. The van der Waals surface area contributed by atoms with Gasteiger partial charge >= 0.3 is 0 Å². The fourth-order valence-electron chi connectivity index (χ4n) is 3.04. The van der Waals surface area contributed by atoms with Crippen molar-refractivity contribution in [3.8, 4) is 5.75 Å². The van der Waals surface area contributed by atoms with Crippen LogP contribution in [0, 0.1) is 12.8 Å². The third kappa shape index (κ3) is 3.26. The molecule has 1 aromatic rings. The summed E-state index contributed by atoms with van der Waals surface area (Å²) < 4.78 is 0. The fourth-order valence-corrected chi connectivity index (χ4v) is 3.04. The first kappa shape index (κ1) is 13.4. The van der Waals surface area contributed by atoms with Crippen LogP contribution in [0.1, 0.15) is 43.7 Å². The van der Waals surface area contributed by atoms with E-state index in [1.165, 1.54) is 31.2 Å². The van der Waals surface area contributed by atoms with Crippen molar-refractivity contribution in [2.24, 2.45) is 5.92 Å². The van der Waals surface area contributed by atoms with E-state index in [0.717, 1.165) is 18.0 Å². The van der Waals surface area contributed by atoms with E-state index < -0.39 is 0 Å². The van der Waals surface area contributed by atoms with Gasteiger partial charge in [-0.2, -0.15) is 0 Å². The van der Waals surface area contributed by atoms with Gasteiger partial charge < -0.3 is 5.11 Å². The average Bonchev–Trinajstić information content (AvgIpc) is 2.34. The smallest absolute Gasteiger partial charge is 0.120 e. The van der Waals surface area contributed by atoms with Gasteiger partial charge in [-0.05, 0) is 38.8 Å². The number of benzene rings is 1. The highest BCUT2D eigenvalue weighted by Gasteiger charge is 2.22. The molecule has 18 heavy (non-hydrogen) atoms. The van der Waals surface area contributed by atoms with Gasteiger partial charge in [0.15, 0.2) is 0 Å². The van der Waals surface area contributed by atoms with Gasteiger partial charge in [-0.15, -0.1) is 0 Å². The molecule has 0 amide bonds. The molecule has 1 fully saturated rings. The Morgan fingerprint density at radius 3 is 2.83 bits per heavy atom. The summed E-state index contributed by atoms with van der Waals surface area (Å²) in [6, 6.07) is 6.54. The summed E-state index contributed by atoms with van der Waals surface area (Å²) in [5.41, 5.74) is 2.27. The number of rotatable bonds is 3. The van der Waals surface area contributed by atoms with Crippen LogP contribution in [0.5, 0.6) is 5.75 Å². The van der Waals surface area contributed by atoms with Crippen LogP contribution in [0.2, 0.25) is 0 Å². The lowest BCUT2D eigenvalue weighted by Crippen LogP contribution is -2.35. The molecule has 2 nitrogen and oxygen atoms in total. The number of aryl methyl sites for hydroxylation is 1. The van der Waals surface area contributed by atoms with Crippen molar-refractivity contribution in [1.29, 1.82) is 0 Å². The van der Waals surface area contributed by atoms with Crippen LogP contribution in [0.3, 0.4) is 0 Å². The number of phenolic OH excluding ortho intramolecular Hbond substituents is 1. The van der Waals surface area contributed by atoms with Crippen molar-refractivity contribution < 1.29 is 5.11 Å². The molecule has 2 heteroatoms. The Morgan fingerprint density at radius 1 is 1.33 bits per heavy atom. The molecule has 0 heterocycles. The van der Waals surface area contributed by atoms with E-state index >= 15 is 0 Å². The lowest BCUT2D eigenvalue weighted by atomic mass is 9.86. The third-order valence-corrected chi connectivity index (χ3v) is 4.19. The predicted octanol–water partition coefficient (Wildman–Crippen LogP) is 3.71. The molecule has 0 aromatic heterocycles. The normalized spacial score (nSPS) is 24.4. The molecule has 2 rings (SSSR count). The molecule has 0 spiro atoms. The van der Waals surface area contributed by atoms with Crippen LogP contribution in [0.4, 0.5) is 0 Å². The lowest BCUT2D eigenvalue weighted by Gasteiger charge is -2.34. The van der Waals surface area contributed by atoms with E-state index in [-0.39, 0.29) is 0 Å². The Balaban J connectivity index is 2.01. The van der Waals surface area contributed by atoms with E-state index in [1.807, 2.05) is 12.1 Å². The van der Waals surface area contributed by atoms with Crippen molar-refractivity contribution >= 4 is 0 Å². The van der Waals surface area contributed by atoms with Gasteiger partial charge in [0, 0.05) is 18.2 Å². The van der Waals surface area contributed by atoms with E-state index in [0.29, 0.717) is 11.8 Å². The van der Waals surface area contributed by atoms with Gasteiger partial charge in [0.1, 0.15) is 5.75 Å². The van der Waals surface area contributed by atoms with E-state index in [1.54, 1.807) is 0 Å². The first-order valence-electron chi connectivity index (χ1n) is 7.05. The van der Waals surface area contributed by atoms with Crippen LogP contribution in [-0.4, -0.2) is 23.1 Å². The maximum Gasteiger partial charge on any atom is 0.120 e. The molecule has 1 N–H and O–H groups in total. The summed E-state index contributed by atoms with van der Waals surface area (Å²) in [4.78, 5) is 2.41. The van der Waals surface area contributed by atoms with Crippen molar-refractivity contribution in [3.63, 3.8) is 0 Å². The highest BCUT2D eigenvalue weighted by Crippen LogP contribution is 2.28. The molecular formula is C16H25NO. The van der Waals surface area contributed by atoms with E-state index in [9.17, 15) is 5.11 Å². The Bertz CT molecular complexity index is 402. The highest BCUT2D eigenvalue weighted by atomic mass is 16.3. The Kier molecular flexibility index (Phi) is 4.28. The van der Waals surface area contributed by atoms with Crippen molar-refractivity contribution in [2.45, 2.75) is 52.1 Å². The topological polar surface area (TPSA) is 23.5 Å². The van der Waals surface area contributed by atoms with Gasteiger partial charge in [-0.25, -0.2) is 0 Å². The van der Waals surface area contributed by atoms with Crippen LogP contribution in [0.25, 0.3) is 0 Å². The minimum absolute atomic E-state index is 0.427. The van der Waals surface area contributed by atoms with Crippen LogP contribution in [-0.2, 0) is 6.54 Å². The second-order valence-electron chi connectivity index (χ2n) is 5.97. The number of hydrogen-bond donors (Lipinski definition) is 1. The van der Waals surface area contributed by atoms with Crippen molar-refractivity contribution in [3.05, 3.63) is 29.3 Å². The van der Waals surface area contributed by atoms with Gasteiger partial charge in [0.2, 0.25) is 0 Å². The molecular weight excluding hydrogens is 222 g/mol. The summed E-state index contributed by atoms with van der Waals surface area (Å²) in [5, 5.41) is 9.91. The van der Waals surface area contributed by atoms with Crippen LogP contribution >= 0.6 is 0 Å². The number of hydrogen-bond acceptors (Lipinski definition) is 2. The van der Waals surface area contributed by atoms with Gasteiger partial charge in [0.25, 0.3) is 0 Å². The van der Waals surface area contributed by atoms with E-state index in [2.05, 4.69) is 31.9 Å². The molecule has 100 valence electrons. The number of aromatic hydroxyl groups is 1. The molecule has 1 aliphatic rings. The van der Waals surface area contributed by atoms with Gasteiger partial charge in [-0.1, -0.05) is 37.5 Å². The quantitative estimate of drug-likeness (QED) is 0.880. The highest BCUT2D eigenvalue weighted by molar-refractivity contribution is 5.35. The Hall–Kier alpha value is -1.02. The monoisotopic (exact) mass is 247 g/mol. The molecule has 0 radical (unpaired) electrons. The van der Waals surface area contributed by atoms with Gasteiger partial charge in [0.05, 0.1) is 0 Å². The zero-order chi connectivity index (χ0) is 13.1. The standard InChI is InChI=1S/C16H25NO/c1-12-5-4-6-15(10-12)17(3)11-14-9-13(2)7-8-16(14)18/h7-9,12,15,18H,4-6,10-11H2,1-3H3. The lowest BCUT2D eigenvalue weighted by molar-refractivity contribution is 0.156. The molecule has 1 saturated carbocycles. The number of phenols is 1. The second-order valence-corrected chi connectivity index (χ2v) is 5.97. The van der Waals surface area contributed by atoms with E-state index in [4.69, 9.17) is 0 Å². The van der Waals surface area contributed by atoms with Crippen molar-refractivity contribution in [1.82, 2.24) is 4.90 Å². The maximum atomic E-state index is 9.91. The average molecular weight is 247 g/mol. The second kappa shape index (κ2) is 5.75. The molecule has 0 saturated heterocycles. The fraction of sp³-hybridized carbons (Fsp3) is 0.625. The first-order chi connectivity index (χ1) is 8.56. The SMILES string of the molecule is Cc1ccc(O)c(CN(C)C2CCCC(C)C2)c1. The summed E-state index contributed by atoms with van der Waals surface area (Å²) in [6.45, 7) is 5.28. The third-order valence-electron chi connectivity index (χ3n) is 4.19. The minimum Gasteiger partial charge on any atom is -0.508 e. The summed E-state index contributed by atoms with van der Waals surface area (Å²) in [7, 11) is 2.18. The van der Waals surface area contributed by atoms with Crippen LogP contribution < -0.4 is 0 Å². The summed E-state index contributed by atoms with van der Waals surface area (Å²) in [6.07, 6.45) is 5.31. The number of nitrogens with zero attached hydrogens (tertiary/aromatic N) is 1. The molecule has 1 aliphatic carbocycles. The zero-order valence-electron chi connectivity index (χ0n) is 11.8. The van der Waals surface area contributed by atoms with Crippen molar-refractivity contribution in [2.75, 3.05) is 7.05 Å². The van der Waals surface area contributed by atoms with Crippen LogP contribution in [0.15, 0.2) is 18.2 Å². The summed E-state index contributed by atoms with van der Waals surface area (Å²) in [5.74, 6) is 1.27. The minimum atomic E-state index is 0.427. The molecule has 2 atom stereocenters. The molecule has 1 aromatic carbocycles. The largest absolute Gasteiger partial charge is 0.508 e.